The molecule has 0 saturated carbocycles. The average Bonchev–Trinajstić information content (AvgIpc) is 2.27. The SMILES string of the molecule is CN(C)CCNCC1CCN(CCN)CC1. The van der Waals surface area contributed by atoms with Gasteiger partial charge in [-0.25, -0.2) is 0 Å². The minimum Gasteiger partial charge on any atom is -0.329 e. The van der Waals surface area contributed by atoms with Gasteiger partial charge in [-0.1, -0.05) is 0 Å². The predicted molar refractivity (Wildman–Crippen MR) is 69.6 cm³/mol. The number of rotatable bonds is 7. The van der Waals surface area contributed by atoms with Crippen LogP contribution in [0.4, 0.5) is 0 Å². The fourth-order valence-electron chi connectivity index (χ4n) is 2.21. The van der Waals surface area contributed by atoms with E-state index in [9.17, 15) is 0 Å². The third-order valence-electron chi connectivity index (χ3n) is 3.32. The maximum Gasteiger partial charge on any atom is 0.0105 e. The summed E-state index contributed by atoms with van der Waals surface area (Å²) in [6, 6.07) is 0. The van der Waals surface area contributed by atoms with Crippen LogP contribution in [0.25, 0.3) is 0 Å². The van der Waals surface area contributed by atoms with Gasteiger partial charge in [0.1, 0.15) is 0 Å². The molecule has 1 aliphatic rings. The lowest BCUT2D eigenvalue weighted by Gasteiger charge is -2.31. The van der Waals surface area contributed by atoms with Crippen LogP contribution in [0.3, 0.4) is 0 Å². The largest absolute Gasteiger partial charge is 0.329 e. The van der Waals surface area contributed by atoms with E-state index >= 15 is 0 Å². The summed E-state index contributed by atoms with van der Waals surface area (Å²) in [7, 11) is 4.24. The van der Waals surface area contributed by atoms with Gasteiger partial charge in [-0.15, -0.1) is 0 Å². The van der Waals surface area contributed by atoms with Crippen molar-refractivity contribution in [2.75, 3.05) is 59.9 Å². The van der Waals surface area contributed by atoms with Gasteiger partial charge in [0.05, 0.1) is 0 Å². The molecule has 0 bridgehead atoms. The van der Waals surface area contributed by atoms with Crippen LogP contribution in [0, 0.1) is 5.92 Å². The summed E-state index contributed by atoms with van der Waals surface area (Å²) >= 11 is 0. The van der Waals surface area contributed by atoms with Gasteiger partial charge in [-0.3, -0.25) is 0 Å². The standard InChI is InChI=1S/C12H28N4/c1-15(2)10-6-14-11-12-3-7-16(8-4-12)9-5-13/h12,14H,3-11,13H2,1-2H3. The topological polar surface area (TPSA) is 44.5 Å². The Morgan fingerprint density at radius 3 is 2.56 bits per heavy atom. The molecule has 0 radical (unpaired) electrons. The molecule has 0 unspecified atom stereocenters. The van der Waals surface area contributed by atoms with E-state index in [1.165, 1.54) is 32.5 Å². The fourth-order valence-corrected chi connectivity index (χ4v) is 2.21. The maximum absolute atomic E-state index is 5.56. The minimum absolute atomic E-state index is 0.797. The predicted octanol–water partition coefficient (Wildman–Crippen LogP) is -0.192. The lowest BCUT2D eigenvalue weighted by atomic mass is 9.97. The first-order valence-corrected chi connectivity index (χ1v) is 6.50. The van der Waals surface area contributed by atoms with Gasteiger partial charge in [0, 0.05) is 26.2 Å². The van der Waals surface area contributed by atoms with E-state index in [1.807, 2.05) is 0 Å². The molecule has 4 heteroatoms. The van der Waals surface area contributed by atoms with Gasteiger partial charge in [0.2, 0.25) is 0 Å². The van der Waals surface area contributed by atoms with Crippen molar-refractivity contribution in [3.63, 3.8) is 0 Å². The number of likely N-dealkylation sites (tertiary alicyclic amines) is 1. The number of piperidine rings is 1. The third kappa shape index (κ3) is 5.80. The van der Waals surface area contributed by atoms with Gasteiger partial charge < -0.3 is 20.9 Å². The zero-order valence-corrected chi connectivity index (χ0v) is 10.9. The first kappa shape index (κ1) is 13.9. The number of likely N-dealkylation sites (N-methyl/N-ethyl adjacent to an activating group) is 1. The zero-order chi connectivity index (χ0) is 11.8. The molecule has 0 atom stereocenters. The van der Waals surface area contributed by atoms with Crippen molar-refractivity contribution < 1.29 is 0 Å². The number of nitrogens with two attached hydrogens (primary N) is 1. The highest BCUT2D eigenvalue weighted by atomic mass is 15.1. The Hall–Kier alpha value is -0.160. The van der Waals surface area contributed by atoms with E-state index in [2.05, 4.69) is 29.2 Å². The Morgan fingerprint density at radius 1 is 1.31 bits per heavy atom. The molecule has 1 heterocycles. The molecule has 0 aromatic heterocycles. The molecular formula is C12H28N4. The van der Waals surface area contributed by atoms with Gasteiger partial charge in [0.25, 0.3) is 0 Å². The van der Waals surface area contributed by atoms with Crippen molar-refractivity contribution in [2.45, 2.75) is 12.8 Å². The van der Waals surface area contributed by atoms with Crippen LogP contribution in [0.1, 0.15) is 12.8 Å². The summed E-state index contributed by atoms with van der Waals surface area (Å²) < 4.78 is 0. The fraction of sp³-hybridized carbons (Fsp3) is 1.00. The van der Waals surface area contributed by atoms with E-state index in [0.717, 1.165) is 32.1 Å². The third-order valence-corrected chi connectivity index (χ3v) is 3.32. The van der Waals surface area contributed by atoms with Crippen LogP contribution in [0.2, 0.25) is 0 Å². The molecule has 96 valence electrons. The lowest BCUT2D eigenvalue weighted by Crippen LogP contribution is -2.40. The van der Waals surface area contributed by atoms with E-state index in [0.29, 0.717) is 0 Å². The summed E-state index contributed by atoms with van der Waals surface area (Å²) in [6.07, 6.45) is 2.66. The van der Waals surface area contributed by atoms with Crippen LogP contribution in [-0.2, 0) is 0 Å². The second kappa shape index (κ2) is 8.01. The quantitative estimate of drug-likeness (QED) is 0.593. The van der Waals surface area contributed by atoms with Crippen LogP contribution in [-0.4, -0.2) is 69.7 Å². The molecule has 0 spiro atoms. The van der Waals surface area contributed by atoms with Crippen LogP contribution in [0.5, 0.6) is 0 Å². The Morgan fingerprint density at radius 2 is 2.00 bits per heavy atom. The van der Waals surface area contributed by atoms with Crippen molar-refractivity contribution >= 4 is 0 Å². The molecule has 16 heavy (non-hydrogen) atoms. The second-order valence-corrected chi connectivity index (χ2v) is 5.08. The second-order valence-electron chi connectivity index (χ2n) is 5.08. The smallest absolute Gasteiger partial charge is 0.0105 e. The molecule has 0 aromatic rings. The Bertz CT molecular complexity index is 164. The first-order chi connectivity index (χ1) is 7.72. The molecule has 1 aliphatic heterocycles. The summed E-state index contributed by atoms with van der Waals surface area (Å²) in [5.74, 6) is 0.871. The van der Waals surface area contributed by atoms with E-state index < -0.39 is 0 Å². The number of hydrogen-bond acceptors (Lipinski definition) is 4. The van der Waals surface area contributed by atoms with Crippen molar-refractivity contribution in [3.8, 4) is 0 Å². The van der Waals surface area contributed by atoms with Crippen molar-refractivity contribution in [3.05, 3.63) is 0 Å². The Balaban J connectivity index is 1.99. The summed E-state index contributed by atoms with van der Waals surface area (Å²) in [4.78, 5) is 4.70. The molecule has 0 aliphatic carbocycles. The molecule has 3 N–H and O–H groups in total. The zero-order valence-electron chi connectivity index (χ0n) is 10.9. The van der Waals surface area contributed by atoms with Gasteiger partial charge in [-0.05, 0) is 52.5 Å². The summed E-state index contributed by atoms with van der Waals surface area (Å²) in [6.45, 7) is 7.76. The summed E-state index contributed by atoms with van der Waals surface area (Å²) in [5, 5.41) is 3.55. The van der Waals surface area contributed by atoms with E-state index in [1.54, 1.807) is 0 Å². The van der Waals surface area contributed by atoms with E-state index in [-0.39, 0.29) is 0 Å². The van der Waals surface area contributed by atoms with Crippen LogP contribution in [0.15, 0.2) is 0 Å². The highest BCUT2D eigenvalue weighted by Gasteiger charge is 2.17. The highest BCUT2D eigenvalue weighted by molar-refractivity contribution is 4.74. The summed E-state index contributed by atoms with van der Waals surface area (Å²) in [5.41, 5.74) is 5.56. The lowest BCUT2D eigenvalue weighted by molar-refractivity contribution is 0.186. The Kier molecular flexibility index (Phi) is 6.96. The molecule has 0 amide bonds. The molecule has 1 rings (SSSR count). The minimum atomic E-state index is 0.797. The van der Waals surface area contributed by atoms with Crippen LogP contribution < -0.4 is 11.1 Å². The maximum atomic E-state index is 5.56. The normalized spacial score (nSPS) is 19.5. The van der Waals surface area contributed by atoms with E-state index in [4.69, 9.17) is 5.73 Å². The molecule has 4 nitrogen and oxygen atoms in total. The first-order valence-electron chi connectivity index (χ1n) is 6.50. The molecule has 1 saturated heterocycles. The number of hydrogen-bond donors (Lipinski definition) is 2. The average molecular weight is 228 g/mol. The van der Waals surface area contributed by atoms with Crippen LogP contribution >= 0.6 is 0 Å². The molecular weight excluding hydrogens is 200 g/mol. The molecule has 0 aromatic carbocycles. The van der Waals surface area contributed by atoms with Crippen molar-refractivity contribution in [1.82, 2.24) is 15.1 Å². The number of nitrogens with one attached hydrogen (secondary N) is 1. The van der Waals surface area contributed by atoms with Gasteiger partial charge in [-0.2, -0.15) is 0 Å². The van der Waals surface area contributed by atoms with Crippen molar-refractivity contribution in [1.29, 1.82) is 0 Å². The van der Waals surface area contributed by atoms with Gasteiger partial charge >= 0.3 is 0 Å². The van der Waals surface area contributed by atoms with Crippen molar-refractivity contribution in [2.24, 2.45) is 11.7 Å². The number of nitrogens with zero attached hydrogens (tertiary/aromatic N) is 2. The monoisotopic (exact) mass is 228 g/mol. The highest BCUT2D eigenvalue weighted by Crippen LogP contribution is 2.15. The molecule has 1 fully saturated rings. The Labute approximate surface area is 100 Å². The van der Waals surface area contributed by atoms with Gasteiger partial charge in [0.15, 0.2) is 0 Å².